The zero-order valence-electron chi connectivity index (χ0n) is 12.8. The first-order valence-electron chi connectivity index (χ1n) is 7.46. The summed E-state index contributed by atoms with van der Waals surface area (Å²) in [6.45, 7) is 4.87. The van der Waals surface area contributed by atoms with Crippen molar-refractivity contribution in [3.05, 3.63) is 45.0 Å². The SMILES string of the molecule is Cc1nc2c(c(=O)[nH]1)CN(c1ncnc3c1CN(C)CC3)C2. The molecular weight excluding hydrogens is 280 g/mol. The second-order valence-corrected chi connectivity index (χ2v) is 6.04. The van der Waals surface area contributed by atoms with Gasteiger partial charge in [-0.2, -0.15) is 0 Å². The van der Waals surface area contributed by atoms with Crippen LogP contribution >= 0.6 is 0 Å². The van der Waals surface area contributed by atoms with Crippen LogP contribution in [-0.4, -0.2) is 38.4 Å². The molecule has 0 spiro atoms. The van der Waals surface area contributed by atoms with Gasteiger partial charge in [0.1, 0.15) is 18.0 Å². The summed E-state index contributed by atoms with van der Waals surface area (Å²) in [5.41, 5.74) is 3.87. The summed E-state index contributed by atoms with van der Waals surface area (Å²) in [6, 6.07) is 0. The highest BCUT2D eigenvalue weighted by Crippen LogP contribution is 2.30. The minimum Gasteiger partial charge on any atom is -0.346 e. The Bertz CT molecular complexity index is 799. The predicted octanol–water partition coefficient (Wildman–Crippen LogP) is 0.376. The Hall–Kier alpha value is -2.28. The average molecular weight is 298 g/mol. The molecule has 0 fully saturated rings. The van der Waals surface area contributed by atoms with E-state index in [2.05, 4.69) is 36.8 Å². The summed E-state index contributed by atoms with van der Waals surface area (Å²) in [4.78, 5) is 32.6. The van der Waals surface area contributed by atoms with Gasteiger partial charge in [-0.25, -0.2) is 15.0 Å². The molecule has 2 aromatic heterocycles. The lowest BCUT2D eigenvalue weighted by Crippen LogP contribution is -2.30. The van der Waals surface area contributed by atoms with Crippen LogP contribution in [0.2, 0.25) is 0 Å². The van der Waals surface area contributed by atoms with E-state index in [0.29, 0.717) is 18.9 Å². The number of fused-ring (bicyclic) bond motifs is 2. The molecule has 0 amide bonds. The third-order valence-electron chi connectivity index (χ3n) is 4.38. The Kier molecular flexibility index (Phi) is 2.97. The van der Waals surface area contributed by atoms with Crippen molar-refractivity contribution in [3.8, 4) is 0 Å². The van der Waals surface area contributed by atoms with E-state index in [9.17, 15) is 4.79 Å². The molecule has 114 valence electrons. The number of nitrogens with zero attached hydrogens (tertiary/aromatic N) is 5. The summed E-state index contributed by atoms with van der Waals surface area (Å²) >= 11 is 0. The minimum atomic E-state index is -0.0370. The van der Waals surface area contributed by atoms with Crippen LogP contribution in [0.1, 0.15) is 28.3 Å². The zero-order valence-corrected chi connectivity index (χ0v) is 12.8. The van der Waals surface area contributed by atoms with Crippen LogP contribution in [0.25, 0.3) is 0 Å². The van der Waals surface area contributed by atoms with Crippen molar-refractivity contribution in [2.24, 2.45) is 0 Å². The summed E-state index contributed by atoms with van der Waals surface area (Å²) in [5, 5.41) is 0. The normalized spacial score (nSPS) is 17.5. The molecular formula is C15H18N6O. The van der Waals surface area contributed by atoms with E-state index >= 15 is 0 Å². The third kappa shape index (κ3) is 2.09. The number of hydrogen-bond acceptors (Lipinski definition) is 6. The summed E-state index contributed by atoms with van der Waals surface area (Å²) in [6.07, 6.45) is 2.57. The Labute approximate surface area is 128 Å². The number of aromatic amines is 1. The van der Waals surface area contributed by atoms with Crippen LogP contribution in [0.3, 0.4) is 0 Å². The van der Waals surface area contributed by atoms with E-state index in [1.165, 1.54) is 5.56 Å². The van der Waals surface area contributed by atoms with Gasteiger partial charge in [0.2, 0.25) is 0 Å². The fourth-order valence-corrected chi connectivity index (χ4v) is 3.27. The Morgan fingerprint density at radius 2 is 2.00 bits per heavy atom. The Morgan fingerprint density at radius 3 is 2.86 bits per heavy atom. The van der Waals surface area contributed by atoms with Gasteiger partial charge in [-0.15, -0.1) is 0 Å². The van der Waals surface area contributed by atoms with Gasteiger partial charge in [-0.05, 0) is 14.0 Å². The van der Waals surface area contributed by atoms with Crippen molar-refractivity contribution in [2.45, 2.75) is 33.0 Å². The van der Waals surface area contributed by atoms with E-state index in [1.807, 2.05) is 6.92 Å². The van der Waals surface area contributed by atoms with Crippen molar-refractivity contribution in [3.63, 3.8) is 0 Å². The molecule has 1 N–H and O–H groups in total. The van der Waals surface area contributed by atoms with Gasteiger partial charge in [0.25, 0.3) is 5.56 Å². The molecule has 0 saturated carbocycles. The number of aromatic nitrogens is 4. The molecule has 7 heteroatoms. The second kappa shape index (κ2) is 4.88. The van der Waals surface area contributed by atoms with E-state index in [1.54, 1.807) is 6.33 Å². The summed E-state index contributed by atoms with van der Waals surface area (Å²) in [7, 11) is 2.11. The first kappa shape index (κ1) is 13.4. The molecule has 0 unspecified atom stereocenters. The number of likely N-dealkylation sites (N-methyl/N-ethyl adjacent to an activating group) is 1. The number of nitrogens with one attached hydrogen (secondary N) is 1. The van der Waals surface area contributed by atoms with Gasteiger partial charge in [-0.3, -0.25) is 4.79 Å². The van der Waals surface area contributed by atoms with Crippen molar-refractivity contribution < 1.29 is 0 Å². The molecule has 22 heavy (non-hydrogen) atoms. The number of H-pyrrole nitrogens is 1. The number of hydrogen-bond donors (Lipinski definition) is 1. The highest BCUT2D eigenvalue weighted by molar-refractivity contribution is 5.52. The molecule has 2 aliphatic heterocycles. The topological polar surface area (TPSA) is 78.0 Å². The summed E-state index contributed by atoms with van der Waals surface area (Å²) in [5.74, 6) is 1.60. The molecule has 4 heterocycles. The maximum Gasteiger partial charge on any atom is 0.256 e. The highest BCUT2D eigenvalue weighted by Gasteiger charge is 2.28. The van der Waals surface area contributed by atoms with E-state index in [0.717, 1.165) is 42.3 Å². The third-order valence-corrected chi connectivity index (χ3v) is 4.38. The molecule has 0 saturated heterocycles. The lowest BCUT2D eigenvalue weighted by molar-refractivity contribution is 0.309. The van der Waals surface area contributed by atoms with E-state index < -0.39 is 0 Å². The maximum absolute atomic E-state index is 12.1. The van der Waals surface area contributed by atoms with Crippen LogP contribution in [0.15, 0.2) is 11.1 Å². The molecule has 0 radical (unpaired) electrons. The molecule has 7 nitrogen and oxygen atoms in total. The smallest absolute Gasteiger partial charge is 0.256 e. The van der Waals surface area contributed by atoms with Crippen LogP contribution in [-0.2, 0) is 26.1 Å². The molecule has 0 bridgehead atoms. The molecule has 2 aliphatic rings. The van der Waals surface area contributed by atoms with Crippen molar-refractivity contribution in [2.75, 3.05) is 18.5 Å². The largest absolute Gasteiger partial charge is 0.346 e. The van der Waals surface area contributed by atoms with Gasteiger partial charge < -0.3 is 14.8 Å². The standard InChI is InChI=1S/C15H18N6O/c1-9-18-13-7-21(6-11(13)15(22)19-9)14-10-5-20(2)4-3-12(10)16-8-17-14/h8H,3-7H2,1-2H3,(H,18,19,22). The van der Waals surface area contributed by atoms with E-state index in [-0.39, 0.29) is 5.56 Å². The zero-order chi connectivity index (χ0) is 15.3. The van der Waals surface area contributed by atoms with Gasteiger partial charge in [0.05, 0.1) is 30.0 Å². The first-order chi connectivity index (χ1) is 10.6. The quantitative estimate of drug-likeness (QED) is 0.820. The molecule has 4 rings (SSSR count). The van der Waals surface area contributed by atoms with Gasteiger partial charge >= 0.3 is 0 Å². The molecule has 0 aromatic carbocycles. The Balaban J connectivity index is 1.74. The average Bonchev–Trinajstić information content (AvgIpc) is 2.90. The molecule has 0 atom stereocenters. The van der Waals surface area contributed by atoms with Crippen LogP contribution in [0.5, 0.6) is 0 Å². The van der Waals surface area contributed by atoms with Crippen molar-refractivity contribution >= 4 is 5.82 Å². The highest BCUT2D eigenvalue weighted by atomic mass is 16.1. The monoisotopic (exact) mass is 298 g/mol. The number of rotatable bonds is 1. The lowest BCUT2D eigenvalue weighted by Gasteiger charge is -2.28. The van der Waals surface area contributed by atoms with Gasteiger partial charge in [-0.1, -0.05) is 0 Å². The predicted molar refractivity (Wildman–Crippen MR) is 81.6 cm³/mol. The fraction of sp³-hybridized carbons (Fsp3) is 0.467. The van der Waals surface area contributed by atoms with Crippen molar-refractivity contribution in [1.29, 1.82) is 0 Å². The lowest BCUT2D eigenvalue weighted by atomic mass is 10.1. The first-order valence-corrected chi connectivity index (χ1v) is 7.46. The van der Waals surface area contributed by atoms with Gasteiger partial charge in [0, 0.05) is 25.1 Å². The van der Waals surface area contributed by atoms with Crippen LogP contribution in [0.4, 0.5) is 5.82 Å². The fourth-order valence-electron chi connectivity index (χ4n) is 3.27. The number of aryl methyl sites for hydroxylation is 1. The minimum absolute atomic E-state index is 0.0370. The van der Waals surface area contributed by atoms with Crippen molar-refractivity contribution in [1.82, 2.24) is 24.8 Å². The van der Waals surface area contributed by atoms with Crippen LogP contribution < -0.4 is 10.5 Å². The summed E-state index contributed by atoms with van der Waals surface area (Å²) < 4.78 is 0. The molecule has 0 aliphatic carbocycles. The van der Waals surface area contributed by atoms with E-state index in [4.69, 9.17) is 0 Å². The Morgan fingerprint density at radius 1 is 1.14 bits per heavy atom. The van der Waals surface area contributed by atoms with Crippen LogP contribution in [0, 0.1) is 6.92 Å². The van der Waals surface area contributed by atoms with Gasteiger partial charge in [0.15, 0.2) is 0 Å². The molecule has 2 aromatic rings. The number of anilines is 1. The maximum atomic E-state index is 12.1. The second-order valence-electron chi connectivity index (χ2n) is 6.04.